The fraction of sp³-hybridized carbons (Fsp3) is 0.421. The highest BCUT2D eigenvalue weighted by atomic mass is 16.3. The largest absolute Gasteiger partial charge is 0.387 e. The van der Waals surface area contributed by atoms with E-state index in [1.54, 1.807) is 0 Å². The summed E-state index contributed by atoms with van der Waals surface area (Å²) in [6.07, 6.45) is 1.06. The van der Waals surface area contributed by atoms with Crippen LogP contribution in [0.4, 0.5) is 0 Å². The predicted molar refractivity (Wildman–Crippen MR) is 94.3 cm³/mol. The van der Waals surface area contributed by atoms with E-state index in [2.05, 4.69) is 12.2 Å². The molecule has 2 unspecified atom stereocenters. The first-order valence-corrected chi connectivity index (χ1v) is 8.13. The highest BCUT2D eigenvalue weighted by Crippen LogP contribution is 2.20. The standard InChI is InChI=1S/C19H26N2O2/c1-4-7-17(21(2)3)19(23)20-13-18(22)16-11-10-14-8-5-6-9-15(14)12-16/h5-6,8-12,17-18,22H,4,7,13H2,1-3H3,(H,20,23). The van der Waals surface area contributed by atoms with E-state index in [0.29, 0.717) is 0 Å². The Labute approximate surface area is 138 Å². The molecular weight excluding hydrogens is 288 g/mol. The lowest BCUT2D eigenvalue weighted by Crippen LogP contribution is -2.44. The Balaban J connectivity index is 2.00. The number of fused-ring (bicyclic) bond motifs is 1. The van der Waals surface area contributed by atoms with Gasteiger partial charge in [-0.15, -0.1) is 0 Å². The molecule has 0 aliphatic rings. The average Bonchev–Trinajstić information content (AvgIpc) is 2.56. The van der Waals surface area contributed by atoms with E-state index in [0.717, 1.165) is 29.2 Å². The van der Waals surface area contributed by atoms with Crippen molar-refractivity contribution in [3.8, 4) is 0 Å². The van der Waals surface area contributed by atoms with Crippen LogP contribution in [0.1, 0.15) is 31.4 Å². The molecule has 2 N–H and O–H groups in total. The van der Waals surface area contributed by atoms with Crippen molar-refractivity contribution in [1.29, 1.82) is 0 Å². The number of carbonyl (C=O) groups excluding carboxylic acids is 1. The van der Waals surface area contributed by atoms with Gasteiger partial charge in [0, 0.05) is 6.54 Å². The molecule has 0 aliphatic heterocycles. The monoisotopic (exact) mass is 314 g/mol. The molecule has 124 valence electrons. The predicted octanol–water partition coefficient (Wildman–Crippen LogP) is 2.72. The van der Waals surface area contributed by atoms with Crippen molar-refractivity contribution in [2.75, 3.05) is 20.6 Å². The third-order valence-electron chi connectivity index (χ3n) is 4.12. The smallest absolute Gasteiger partial charge is 0.237 e. The Bertz CT molecular complexity index is 655. The van der Waals surface area contributed by atoms with E-state index < -0.39 is 6.10 Å². The number of hydrogen-bond donors (Lipinski definition) is 2. The van der Waals surface area contributed by atoms with Crippen molar-refractivity contribution in [2.24, 2.45) is 0 Å². The van der Waals surface area contributed by atoms with Crippen molar-refractivity contribution in [1.82, 2.24) is 10.2 Å². The third kappa shape index (κ3) is 4.53. The summed E-state index contributed by atoms with van der Waals surface area (Å²) in [6, 6.07) is 13.8. The van der Waals surface area contributed by atoms with Crippen LogP contribution in [0.25, 0.3) is 10.8 Å². The zero-order chi connectivity index (χ0) is 16.8. The number of nitrogens with one attached hydrogen (secondary N) is 1. The summed E-state index contributed by atoms with van der Waals surface area (Å²) in [5, 5.41) is 15.4. The minimum absolute atomic E-state index is 0.0308. The molecule has 0 saturated heterocycles. The maximum Gasteiger partial charge on any atom is 0.237 e. The highest BCUT2D eigenvalue weighted by molar-refractivity contribution is 5.83. The molecule has 4 heteroatoms. The number of benzene rings is 2. The van der Waals surface area contributed by atoms with Gasteiger partial charge < -0.3 is 10.4 Å². The lowest BCUT2D eigenvalue weighted by Gasteiger charge is -2.23. The number of nitrogens with zero attached hydrogens (tertiary/aromatic N) is 1. The molecule has 2 aromatic carbocycles. The zero-order valence-electron chi connectivity index (χ0n) is 14.1. The van der Waals surface area contributed by atoms with Crippen molar-refractivity contribution >= 4 is 16.7 Å². The quantitative estimate of drug-likeness (QED) is 0.826. The van der Waals surface area contributed by atoms with E-state index in [1.807, 2.05) is 61.5 Å². The van der Waals surface area contributed by atoms with Crippen LogP contribution in [0.2, 0.25) is 0 Å². The molecule has 1 amide bonds. The topological polar surface area (TPSA) is 52.6 Å². The molecular formula is C19H26N2O2. The second kappa shape index (κ2) is 8.09. The Morgan fingerprint density at radius 3 is 2.52 bits per heavy atom. The van der Waals surface area contributed by atoms with E-state index >= 15 is 0 Å². The van der Waals surface area contributed by atoms with Crippen molar-refractivity contribution in [2.45, 2.75) is 31.9 Å². The number of aliphatic hydroxyl groups excluding tert-OH is 1. The summed E-state index contributed by atoms with van der Waals surface area (Å²) in [7, 11) is 3.80. The molecule has 2 rings (SSSR count). The van der Waals surface area contributed by atoms with Gasteiger partial charge >= 0.3 is 0 Å². The van der Waals surface area contributed by atoms with Gasteiger partial charge in [-0.05, 0) is 42.9 Å². The van der Waals surface area contributed by atoms with Gasteiger partial charge in [-0.2, -0.15) is 0 Å². The molecule has 0 heterocycles. The van der Waals surface area contributed by atoms with Gasteiger partial charge in [0.1, 0.15) is 0 Å². The number of likely N-dealkylation sites (N-methyl/N-ethyl adjacent to an activating group) is 1. The van der Waals surface area contributed by atoms with Gasteiger partial charge in [-0.1, -0.05) is 49.7 Å². The third-order valence-corrected chi connectivity index (χ3v) is 4.12. The van der Waals surface area contributed by atoms with Gasteiger partial charge in [-0.3, -0.25) is 9.69 Å². The molecule has 0 aliphatic carbocycles. The second-order valence-corrected chi connectivity index (χ2v) is 6.14. The average molecular weight is 314 g/mol. The van der Waals surface area contributed by atoms with Crippen molar-refractivity contribution in [3.05, 3.63) is 48.0 Å². The molecule has 4 nitrogen and oxygen atoms in total. The fourth-order valence-corrected chi connectivity index (χ4v) is 2.75. The van der Waals surface area contributed by atoms with Crippen LogP contribution in [0.15, 0.2) is 42.5 Å². The first-order valence-electron chi connectivity index (χ1n) is 8.13. The molecule has 0 radical (unpaired) electrons. The summed E-state index contributed by atoms with van der Waals surface area (Å²) >= 11 is 0. The van der Waals surface area contributed by atoms with Crippen LogP contribution in [-0.2, 0) is 4.79 Å². The number of carbonyl (C=O) groups is 1. The Hall–Kier alpha value is -1.91. The molecule has 0 spiro atoms. The maximum atomic E-state index is 12.3. The Morgan fingerprint density at radius 1 is 1.17 bits per heavy atom. The molecule has 0 fully saturated rings. The number of amides is 1. The van der Waals surface area contributed by atoms with Crippen LogP contribution in [0, 0.1) is 0 Å². The van der Waals surface area contributed by atoms with Crippen LogP contribution in [0.5, 0.6) is 0 Å². The molecule has 23 heavy (non-hydrogen) atoms. The van der Waals surface area contributed by atoms with Gasteiger partial charge in [0.2, 0.25) is 5.91 Å². The maximum absolute atomic E-state index is 12.3. The SMILES string of the molecule is CCCC(C(=O)NCC(O)c1ccc2ccccc2c1)N(C)C. The number of hydrogen-bond acceptors (Lipinski definition) is 3. The Kier molecular flexibility index (Phi) is 6.13. The first-order chi connectivity index (χ1) is 11.0. The highest BCUT2D eigenvalue weighted by Gasteiger charge is 2.20. The van der Waals surface area contributed by atoms with Crippen LogP contribution in [0.3, 0.4) is 0 Å². The number of aliphatic hydroxyl groups is 1. The lowest BCUT2D eigenvalue weighted by molar-refractivity contribution is -0.126. The van der Waals surface area contributed by atoms with Crippen LogP contribution in [-0.4, -0.2) is 42.6 Å². The van der Waals surface area contributed by atoms with Gasteiger partial charge in [0.05, 0.1) is 12.1 Å². The van der Waals surface area contributed by atoms with Crippen molar-refractivity contribution in [3.63, 3.8) is 0 Å². The fourth-order valence-electron chi connectivity index (χ4n) is 2.75. The van der Waals surface area contributed by atoms with Crippen LogP contribution >= 0.6 is 0 Å². The molecule has 0 saturated carbocycles. The summed E-state index contributed by atoms with van der Waals surface area (Å²) in [5.74, 6) is -0.0308. The first kappa shape index (κ1) is 17.4. The second-order valence-electron chi connectivity index (χ2n) is 6.14. The van der Waals surface area contributed by atoms with Crippen molar-refractivity contribution < 1.29 is 9.90 Å². The summed E-state index contributed by atoms with van der Waals surface area (Å²) < 4.78 is 0. The van der Waals surface area contributed by atoms with Gasteiger partial charge in [0.25, 0.3) is 0 Å². The van der Waals surface area contributed by atoms with E-state index in [-0.39, 0.29) is 18.5 Å². The molecule has 0 aromatic heterocycles. The van der Waals surface area contributed by atoms with E-state index in [4.69, 9.17) is 0 Å². The van der Waals surface area contributed by atoms with E-state index in [1.165, 1.54) is 0 Å². The minimum Gasteiger partial charge on any atom is -0.387 e. The lowest BCUT2D eigenvalue weighted by atomic mass is 10.0. The zero-order valence-corrected chi connectivity index (χ0v) is 14.1. The normalized spacial score (nSPS) is 14.0. The van der Waals surface area contributed by atoms with Crippen LogP contribution < -0.4 is 5.32 Å². The van der Waals surface area contributed by atoms with E-state index in [9.17, 15) is 9.90 Å². The number of rotatable bonds is 7. The van der Waals surface area contributed by atoms with Gasteiger partial charge in [0.15, 0.2) is 0 Å². The summed E-state index contributed by atoms with van der Waals surface area (Å²) in [6.45, 7) is 2.29. The minimum atomic E-state index is -0.701. The Morgan fingerprint density at radius 2 is 1.87 bits per heavy atom. The summed E-state index contributed by atoms with van der Waals surface area (Å²) in [4.78, 5) is 14.2. The molecule has 0 bridgehead atoms. The van der Waals surface area contributed by atoms with Gasteiger partial charge in [-0.25, -0.2) is 0 Å². The molecule has 2 atom stereocenters. The summed E-state index contributed by atoms with van der Waals surface area (Å²) in [5.41, 5.74) is 0.820. The molecule has 2 aromatic rings.